The van der Waals surface area contributed by atoms with Gasteiger partial charge in [-0.3, -0.25) is 0 Å². The van der Waals surface area contributed by atoms with Crippen LogP contribution in [0.3, 0.4) is 0 Å². The quantitative estimate of drug-likeness (QED) is 0.735. The monoisotopic (exact) mass is 270 g/mol. The van der Waals surface area contributed by atoms with Crippen LogP contribution in [0, 0.1) is 5.92 Å². The number of nitrogens with two attached hydrogens (primary N) is 1. The summed E-state index contributed by atoms with van der Waals surface area (Å²) >= 11 is 0. The number of carbonyl (C=O) groups is 1. The van der Waals surface area contributed by atoms with Crippen molar-refractivity contribution in [3.63, 3.8) is 0 Å². The fourth-order valence-electron chi connectivity index (χ4n) is 1.61. The number of rotatable bonds is 5. The first-order valence-electron chi connectivity index (χ1n) is 5.52. The van der Waals surface area contributed by atoms with Crippen LogP contribution in [0.5, 0.6) is 0 Å². The van der Waals surface area contributed by atoms with Crippen molar-refractivity contribution in [2.24, 2.45) is 11.1 Å². The van der Waals surface area contributed by atoms with Crippen LogP contribution in [0.2, 0.25) is 0 Å². The van der Waals surface area contributed by atoms with Crippen LogP contribution in [0.25, 0.3) is 0 Å². The Morgan fingerprint density at radius 1 is 1.44 bits per heavy atom. The van der Waals surface area contributed by atoms with Gasteiger partial charge >= 0.3 is 5.97 Å². The van der Waals surface area contributed by atoms with Crippen LogP contribution < -0.4 is 10.5 Å². The van der Waals surface area contributed by atoms with Gasteiger partial charge < -0.3 is 10.4 Å². The summed E-state index contributed by atoms with van der Waals surface area (Å²) in [5, 5.41) is 17.0. The lowest BCUT2D eigenvalue weighted by molar-refractivity contribution is 0.0697. The number of anilines is 1. The lowest BCUT2D eigenvalue weighted by Crippen LogP contribution is -2.15. The predicted molar refractivity (Wildman–Crippen MR) is 66.0 cm³/mol. The number of hydrogen-bond donors (Lipinski definition) is 3. The van der Waals surface area contributed by atoms with E-state index in [1.165, 1.54) is 12.1 Å². The zero-order chi connectivity index (χ0) is 13.3. The van der Waals surface area contributed by atoms with Gasteiger partial charge in [0, 0.05) is 12.2 Å². The summed E-state index contributed by atoms with van der Waals surface area (Å²) < 4.78 is 22.3. The maximum Gasteiger partial charge on any atom is 0.337 e. The average molecular weight is 270 g/mol. The number of aromatic carboxylic acids is 1. The van der Waals surface area contributed by atoms with E-state index in [4.69, 9.17) is 10.2 Å². The molecule has 0 bridgehead atoms. The highest BCUT2D eigenvalue weighted by molar-refractivity contribution is 7.89. The Morgan fingerprint density at radius 3 is 2.61 bits per heavy atom. The molecule has 98 valence electrons. The van der Waals surface area contributed by atoms with Crippen molar-refractivity contribution in [1.29, 1.82) is 0 Å². The highest BCUT2D eigenvalue weighted by atomic mass is 32.2. The maximum absolute atomic E-state index is 11.2. The molecule has 0 unspecified atom stereocenters. The van der Waals surface area contributed by atoms with Gasteiger partial charge in [0.1, 0.15) is 0 Å². The molecule has 2 rings (SSSR count). The van der Waals surface area contributed by atoms with E-state index in [1.807, 2.05) is 0 Å². The number of carboxylic acids is 1. The molecule has 6 nitrogen and oxygen atoms in total. The Balaban J connectivity index is 2.31. The fourth-order valence-corrected chi connectivity index (χ4v) is 2.15. The molecule has 0 radical (unpaired) electrons. The summed E-state index contributed by atoms with van der Waals surface area (Å²) in [5.41, 5.74) is 0.337. The van der Waals surface area contributed by atoms with Crippen LogP contribution in [0.1, 0.15) is 23.2 Å². The van der Waals surface area contributed by atoms with Gasteiger partial charge in [0.25, 0.3) is 0 Å². The Morgan fingerprint density at radius 2 is 2.11 bits per heavy atom. The van der Waals surface area contributed by atoms with Crippen molar-refractivity contribution in [3.8, 4) is 0 Å². The molecule has 1 aliphatic carbocycles. The number of sulfonamides is 1. The summed E-state index contributed by atoms with van der Waals surface area (Å²) in [6.45, 7) is 0.703. The molecule has 0 spiro atoms. The minimum absolute atomic E-state index is 0.0813. The number of nitrogens with one attached hydrogen (secondary N) is 1. The summed E-state index contributed by atoms with van der Waals surface area (Å²) in [6.07, 6.45) is 2.29. The molecule has 4 N–H and O–H groups in total. The maximum atomic E-state index is 11.2. The van der Waals surface area contributed by atoms with Crippen molar-refractivity contribution in [3.05, 3.63) is 23.8 Å². The fraction of sp³-hybridized carbons (Fsp3) is 0.364. The van der Waals surface area contributed by atoms with Crippen LogP contribution in [0.15, 0.2) is 23.1 Å². The van der Waals surface area contributed by atoms with E-state index in [2.05, 4.69) is 5.32 Å². The first-order valence-corrected chi connectivity index (χ1v) is 7.06. The average Bonchev–Trinajstić information content (AvgIpc) is 3.08. The van der Waals surface area contributed by atoms with Gasteiger partial charge in [-0.1, -0.05) is 0 Å². The largest absolute Gasteiger partial charge is 0.478 e. The van der Waals surface area contributed by atoms with Crippen LogP contribution in [-0.2, 0) is 10.0 Å². The van der Waals surface area contributed by atoms with Gasteiger partial charge in [0.2, 0.25) is 10.0 Å². The molecule has 0 heterocycles. The molecule has 0 amide bonds. The molecule has 1 aromatic carbocycles. The van der Waals surface area contributed by atoms with E-state index in [1.54, 1.807) is 0 Å². The summed E-state index contributed by atoms with van der Waals surface area (Å²) in [5.74, 6) is -0.594. The third kappa shape index (κ3) is 2.99. The van der Waals surface area contributed by atoms with E-state index in [-0.39, 0.29) is 10.5 Å². The first kappa shape index (κ1) is 12.8. The molecule has 0 saturated heterocycles. The van der Waals surface area contributed by atoms with Crippen molar-refractivity contribution < 1.29 is 18.3 Å². The van der Waals surface area contributed by atoms with Gasteiger partial charge in [0.15, 0.2) is 0 Å². The van der Waals surface area contributed by atoms with E-state index in [9.17, 15) is 13.2 Å². The minimum Gasteiger partial charge on any atom is -0.478 e. The zero-order valence-corrected chi connectivity index (χ0v) is 10.4. The zero-order valence-electron chi connectivity index (χ0n) is 9.59. The summed E-state index contributed by atoms with van der Waals surface area (Å²) in [7, 11) is -3.89. The van der Waals surface area contributed by atoms with Gasteiger partial charge in [0.05, 0.1) is 10.5 Å². The standard InChI is InChI=1S/C11H14N2O4S/c12-18(16,17)8-3-4-10(9(5-8)11(14)15)13-6-7-1-2-7/h3-5,7,13H,1-2,6H2,(H,14,15)(H2,12,16,17). The smallest absolute Gasteiger partial charge is 0.337 e. The van der Waals surface area contributed by atoms with Gasteiger partial charge in [-0.15, -0.1) is 0 Å². The Hall–Kier alpha value is -1.60. The second-order valence-electron chi connectivity index (χ2n) is 4.38. The summed E-state index contributed by atoms with van der Waals surface area (Å²) in [4.78, 5) is 10.9. The van der Waals surface area contributed by atoms with Crippen LogP contribution in [0.4, 0.5) is 5.69 Å². The molecule has 1 saturated carbocycles. The van der Waals surface area contributed by atoms with E-state index >= 15 is 0 Å². The molecule has 1 aromatic rings. The molecular weight excluding hydrogens is 256 g/mol. The van der Waals surface area contributed by atoms with Crippen molar-refractivity contribution in [1.82, 2.24) is 0 Å². The normalized spacial score (nSPS) is 15.4. The Kier molecular flexibility index (Phi) is 3.27. The third-order valence-electron chi connectivity index (χ3n) is 2.83. The van der Waals surface area contributed by atoms with Crippen molar-refractivity contribution in [2.75, 3.05) is 11.9 Å². The van der Waals surface area contributed by atoms with Gasteiger partial charge in [-0.25, -0.2) is 18.4 Å². The van der Waals surface area contributed by atoms with Crippen LogP contribution in [-0.4, -0.2) is 26.0 Å². The molecule has 7 heteroatoms. The number of carboxylic acid groups (broad SMARTS) is 1. The highest BCUT2D eigenvalue weighted by Gasteiger charge is 2.22. The second-order valence-corrected chi connectivity index (χ2v) is 5.94. The number of primary sulfonamides is 1. The summed E-state index contributed by atoms with van der Waals surface area (Å²) in [6, 6.07) is 3.81. The van der Waals surface area contributed by atoms with E-state index in [0.717, 1.165) is 18.9 Å². The van der Waals surface area contributed by atoms with Gasteiger partial charge in [-0.2, -0.15) is 0 Å². The lowest BCUT2D eigenvalue weighted by Gasteiger charge is -2.10. The first-order chi connectivity index (χ1) is 8.38. The molecule has 0 aromatic heterocycles. The number of hydrogen-bond acceptors (Lipinski definition) is 4. The molecule has 1 fully saturated rings. The number of benzene rings is 1. The lowest BCUT2D eigenvalue weighted by atomic mass is 10.1. The molecule has 18 heavy (non-hydrogen) atoms. The Bertz CT molecular complexity index is 579. The van der Waals surface area contributed by atoms with E-state index in [0.29, 0.717) is 18.2 Å². The highest BCUT2D eigenvalue weighted by Crippen LogP contribution is 2.29. The van der Waals surface area contributed by atoms with Gasteiger partial charge in [-0.05, 0) is 37.0 Å². The SMILES string of the molecule is NS(=O)(=O)c1ccc(NCC2CC2)c(C(=O)O)c1. The molecule has 0 atom stereocenters. The molecular formula is C11H14N2O4S. The third-order valence-corrected chi connectivity index (χ3v) is 3.74. The Labute approximate surface area is 105 Å². The molecule has 1 aliphatic rings. The van der Waals surface area contributed by atoms with Crippen LogP contribution >= 0.6 is 0 Å². The topological polar surface area (TPSA) is 109 Å². The van der Waals surface area contributed by atoms with E-state index < -0.39 is 16.0 Å². The van der Waals surface area contributed by atoms with Crippen molar-refractivity contribution in [2.45, 2.75) is 17.7 Å². The second kappa shape index (κ2) is 4.58. The predicted octanol–water partition coefficient (Wildman–Crippen LogP) is 0.854. The van der Waals surface area contributed by atoms with Crippen molar-refractivity contribution >= 4 is 21.7 Å². The minimum atomic E-state index is -3.89. The molecule has 0 aliphatic heterocycles.